The van der Waals surface area contributed by atoms with Crippen molar-refractivity contribution in [3.8, 4) is 0 Å². The van der Waals surface area contributed by atoms with Gasteiger partial charge < -0.3 is 16.0 Å². The van der Waals surface area contributed by atoms with Gasteiger partial charge in [0.25, 0.3) is 0 Å². The molecule has 1 aromatic heterocycles. The second-order valence-electron chi connectivity index (χ2n) is 9.94. The molecule has 5 N–H and O–H groups in total. The molecule has 1 aliphatic rings. The maximum absolute atomic E-state index is 10.8. The summed E-state index contributed by atoms with van der Waals surface area (Å²) in [6, 6.07) is 16.1. The van der Waals surface area contributed by atoms with E-state index in [9.17, 15) is 9.11 Å². The van der Waals surface area contributed by atoms with Crippen molar-refractivity contribution in [1.29, 1.82) is 0 Å². The quantitative estimate of drug-likeness (QED) is 0.193. The highest BCUT2D eigenvalue weighted by Crippen LogP contribution is 2.51. The molecule has 2 aromatic carbocycles. The van der Waals surface area contributed by atoms with Crippen LogP contribution in [0.15, 0.2) is 53.4 Å². The second kappa shape index (κ2) is 12.8. The van der Waals surface area contributed by atoms with Gasteiger partial charge in [-0.25, -0.2) is 4.98 Å². The van der Waals surface area contributed by atoms with Gasteiger partial charge in [-0.05, 0) is 43.5 Å². The molecule has 3 aromatic rings. The van der Waals surface area contributed by atoms with Crippen LogP contribution in [0.25, 0.3) is 10.9 Å². The van der Waals surface area contributed by atoms with Crippen LogP contribution in [0, 0.1) is 6.92 Å². The van der Waals surface area contributed by atoms with Crippen LogP contribution >= 0.6 is 10.6 Å². The summed E-state index contributed by atoms with van der Waals surface area (Å²) >= 11 is 0. The molecule has 0 aliphatic carbocycles. The Morgan fingerprint density at radius 2 is 1.67 bits per heavy atom. The number of nitrogens with one attached hydrogen (secondary N) is 1. The fraction of sp³-hybridized carbons (Fsp3) is 0.483. The molecule has 6 nitrogen and oxygen atoms in total. The number of hydrogen-bond acceptors (Lipinski definition) is 6. The van der Waals surface area contributed by atoms with Gasteiger partial charge in [0, 0.05) is 36.8 Å². The lowest BCUT2D eigenvalue weighted by Crippen LogP contribution is -2.26. The topological polar surface area (TPSA) is 94.6 Å². The third-order valence-electron chi connectivity index (χ3n) is 7.13. The van der Waals surface area contributed by atoms with Crippen LogP contribution in [-0.2, 0) is 6.54 Å². The zero-order valence-corrected chi connectivity index (χ0v) is 22.4. The number of nitrogens with two attached hydrogens (primary N) is 1. The molecular weight excluding hydrogens is 468 g/mol. The lowest BCUT2D eigenvalue weighted by atomic mass is 10.1. The standard InChI is InChI=1S/C29H42N4O2S/c1-23-13-12-15-25-26(31-18-11-7-5-3-2-4-6-10-17-30)21-28(32-29(23)25)33-19-20-36(34,35)27-16-9-8-14-24(27)22-33/h8-9,12-16,21,34-35H,2-7,10-11,17-20,22,30H2,1H3,(H,31,32). The average molecular weight is 511 g/mol. The van der Waals surface area contributed by atoms with Crippen LogP contribution in [-0.4, -0.2) is 39.5 Å². The number of benzene rings is 2. The van der Waals surface area contributed by atoms with Crippen LogP contribution in [0.3, 0.4) is 0 Å². The number of fused-ring (bicyclic) bond motifs is 2. The van der Waals surface area contributed by atoms with Gasteiger partial charge in [0.1, 0.15) is 5.82 Å². The summed E-state index contributed by atoms with van der Waals surface area (Å²) in [6.07, 6.45) is 10.00. The van der Waals surface area contributed by atoms with E-state index in [-0.39, 0.29) is 0 Å². The fourth-order valence-electron chi connectivity index (χ4n) is 5.02. The highest BCUT2D eigenvalue weighted by atomic mass is 32.3. The lowest BCUT2D eigenvalue weighted by Gasteiger charge is -2.32. The molecule has 36 heavy (non-hydrogen) atoms. The Balaban J connectivity index is 1.45. The number of para-hydroxylation sites is 1. The maximum Gasteiger partial charge on any atom is 0.131 e. The molecule has 0 spiro atoms. The normalized spacial score (nSPS) is 15.9. The number of rotatable bonds is 12. The summed E-state index contributed by atoms with van der Waals surface area (Å²) in [5.41, 5.74) is 9.77. The van der Waals surface area contributed by atoms with Gasteiger partial charge >= 0.3 is 0 Å². The van der Waals surface area contributed by atoms with Crippen molar-refractivity contribution in [3.63, 3.8) is 0 Å². The number of unbranched alkanes of at least 4 members (excludes halogenated alkanes) is 7. The van der Waals surface area contributed by atoms with Gasteiger partial charge in [-0.15, -0.1) is 0 Å². The Kier molecular flexibility index (Phi) is 9.48. The summed E-state index contributed by atoms with van der Waals surface area (Å²) in [5.74, 6) is 1.19. The average Bonchev–Trinajstić information content (AvgIpc) is 3.01. The lowest BCUT2D eigenvalue weighted by molar-refractivity contribution is 0.488. The van der Waals surface area contributed by atoms with E-state index in [1.807, 2.05) is 24.3 Å². The van der Waals surface area contributed by atoms with Crippen molar-refractivity contribution in [3.05, 3.63) is 59.7 Å². The highest BCUT2D eigenvalue weighted by molar-refractivity contribution is 8.24. The molecular formula is C29H42N4O2S. The summed E-state index contributed by atoms with van der Waals surface area (Å²) < 4.78 is 21.5. The Hall–Kier alpha value is -2.32. The first kappa shape index (κ1) is 26.7. The maximum atomic E-state index is 10.8. The zero-order valence-electron chi connectivity index (χ0n) is 21.6. The van der Waals surface area contributed by atoms with Gasteiger partial charge in [-0.2, -0.15) is 10.6 Å². The van der Waals surface area contributed by atoms with E-state index in [0.29, 0.717) is 23.7 Å². The minimum absolute atomic E-state index is 0.312. The summed E-state index contributed by atoms with van der Waals surface area (Å²) in [6.45, 7) is 5.01. The van der Waals surface area contributed by atoms with E-state index in [4.69, 9.17) is 10.7 Å². The first-order valence-electron chi connectivity index (χ1n) is 13.4. The Morgan fingerprint density at radius 3 is 2.44 bits per heavy atom. The Labute approximate surface area is 217 Å². The van der Waals surface area contributed by atoms with Crippen LogP contribution in [0.1, 0.15) is 62.5 Å². The van der Waals surface area contributed by atoms with E-state index in [1.54, 1.807) is 0 Å². The third kappa shape index (κ3) is 6.71. The summed E-state index contributed by atoms with van der Waals surface area (Å²) in [7, 11) is -2.80. The fourth-order valence-corrected chi connectivity index (χ4v) is 6.56. The van der Waals surface area contributed by atoms with Crippen molar-refractivity contribution in [2.24, 2.45) is 5.73 Å². The Morgan fingerprint density at radius 1 is 0.944 bits per heavy atom. The molecule has 7 heteroatoms. The Bertz CT molecular complexity index is 1140. The minimum atomic E-state index is -2.80. The first-order valence-corrected chi connectivity index (χ1v) is 15.1. The summed E-state index contributed by atoms with van der Waals surface area (Å²) in [4.78, 5) is 7.90. The van der Waals surface area contributed by atoms with Crippen LogP contribution < -0.4 is 16.0 Å². The van der Waals surface area contributed by atoms with Gasteiger partial charge in [0.2, 0.25) is 0 Å². The van der Waals surface area contributed by atoms with E-state index >= 15 is 0 Å². The molecule has 0 bridgehead atoms. The molecule has 0 saturated heterocycles. The minimum Gasteiger partial charge on any atom is -0.384 e. The second-order valence-corrected chi connectivity index (χ2v) is 12.1. The van der Waals surface area contributed by atoms with Gasteiger partial charge in [0.15, 0.2) is 0 Å². The molecule has 196 valence electrons. The van der Waals surface area contributed by atoms with Crippen molar-refractivity contribution < 1.29 is 9.11 Å². The monoisotopic (exact) mass is 510 g/mol. The molecule has 0 fully saturated rings. The van der Waals surface area contributed by atoms with Crippen molar-refractivity contribution in [2.75, 3.05) is 35.6 Å². The van der Waals surface area contributed by atoms with Gasteiger partial charge in [0.05, 0.1) is 16.2 Å². The third-order valence-corrected chi connectivity index (χ3v) is 8.98. The van der Waals surface area contributed by atoms with Gasteiger partial charge in [-0.3, -0.25) is 9.11 Å². The summed E-state index contributed by atoms with van der Waals surface area (Å²) in [5, 5.41) is 4.83. The van der Waals surface area contributed by atoms with E-state index in [2.05, 4.69) is 41.4 Å². The zero-order chi connectivity index (χ0) is 25.4. The highest BCUT2D eigenvalue weighted by Gasteiger charge is 2.26. The van der Waals surface area contributed by atoms with Gasteiger partial charge in [-0.1, -0.05) is 74.9 Å². The van der Waals surface area contributed by atoms with Crippen LogP contribution in [0.4, 0.5) is 11.5 Å². The predicted molar refractivity (Wildman–Crippen MR) is 154 cm³/mol. The van der Waals surface area contributed by atoms with Crippen molar-refractivity contribution in [1.82, 2.24) is 4.98 Å². The number of aromatic nitrogens is 1. The van der Waals surface area contributed by atoms with E-state index < -0.39 is 10.6 Å². The predicted octanol–water partition coefficient (Wildman–Crippen LogP) is 7.16. The number of anilines is 2. The number of nitrogens with zero attached hydrogens (tertiary/aromatic N) is 2. The molecule has 1 aliphatic heterocycles. The first-order chi connectivity index (χ1) is 17.5. The van der Waals surface area contributed by atoms with Crippen LogP contribution in [0.5, 0.6) is 0 Å². The molecule has 0 unspecified atom stereocenters. The van der Waals surface area contributed by atoms with E-state index in [1.165, 1.54) is 38.5 Å². The van der Waals surface area contributed by atoms with E-state index in [0.717, 1.165) is 59.5 Å². The number of pyridine rings is 1. The molecule has 0 amide bonds. The molecule has 2 heterocycles. The largest absolute Gasteiger partial charge is 0.384 e. The van der Waals surface area contributed by atoms with Crippen LogP contribution in [0.2, 0.25) is 0 Å². The smallest absolute Gasteiger partial charge is 0.131 e. The van der Waals surface area contributed by atoms with Crippen molar-refractivity contribution >= 4 is 33.0 Å². The molecule has 0 radical (unpaired) electrons. The number of hydrogen-bond donors (Lipinski definition) is 4. The number of aryl methyl sites for hydroxylation is 1. The molecule has 4 rings (SSSR count). The van der Waals surface area contributed by atoms with Crippen molar-refractivity contribution in [2.45, 2.75) is 69.7 Å². The molecule has 0 saturated carbocycles. The molecule has 0 atom stereocenters. The SMILES string of the molecule is Cc1cccc2c(NCCCCCCCCCCN)cc(N3CCS(O)(O)c4ccccc4C3)nc12.